The summed E-state index contributed by atoms with van der Waals surface area (Å²) in [5.41, 5.74) is 0. The minimum atomic E-state index is -2.24. The van der Waals surface area contributed by atoms with Crippen LogP contribution in [0, 0.1) is 6.92 Å². The van der Waals surface area contributed by atoms with Crippen molar-refractivity contribution in [3.63, 3.8) is 0 Å². The second kappa shape index (κ2) is 18.7. The first-order valence-corrected chi connectivity index (χ1v) is 9.01. The molecule has 2 aliphatic carbocycles. The first-order valence-electron chi connectivity index (χ1n) is 9.01. The van der Waals surface area contributed by atoms with Crippen LogP contribution in [0.4, 0.5) is 0 Å². The van der Waals surface area contributed by atoms with Crippen LogP contribution in [0.5, 0.6) is 0 Å². The zero-order valence-electron chi connectivity index (χ0n) is 16.3. The molecule has 0 N–H and O–H groups in total. The molecule has 2 rings (SSSR count). The molecule has 2 saturated carbocycles. The van der Waals surface area contributed by atoms with E-state index in [1.54, 1.807) is 6.92 Å². The molecule has 0 aromatic heterocycles. The van der Waals surface area contributed by atoms with Gasteiger partial charge < -0.3 is 36.7 Å². The fraction of sp³-hybridized carbons (Fsp3) is 0.833. The van der Waals surface area contributed by atoms with Crippen LogP contribution >= 0.6 is 0 Å². The number of carbonyl (C=O) groups is 2. The van der Waals surface area contributed by atoms with E-state index >= 15 is 0 Å². The Morgan fingerprint density at radius 1 is 0.778 bits per heavy atom. The molecule has 27 heavy (non-hydrogen) atoms. The summed E-state index contributed by atoms with van der Waals surface area (Å²) >= 11 is 0. The number of ether oxygens (including phenoxy) is 2. The molecule has 0 aromatic carbocycles. The Kier molecular flexibility index (Phi) is 22.5. The van der Waals surface area contributed by atoms with Gasteiger partial charge in [-0.2, -0.15) is 0 Å². The van der Waals surface area contributed by atoms with Gasteiger partial charge in [-0.25, -0.2) is 0 Å². The SMILES string of the molecule is O=C(OC1CCCCC1)[C@H]([O-])[C@@H]([O-])C(=O)OC1CCCCC1.[Br-].[CH2]C.[Mg+2].[Zn]. The Balaban J connectivity index is -0.00000111. The predicted molar refractivity (Wildman–Crippen MR) is 90.3 cm³/mol. The molecule has 2 fully saturated rings. The molecule has 2 aliphatic rings. The number of rotatable bonds is 5. The van der Waals surface area contributed by atoms with E-state index < -0.39 is 24.1 Å². The van der Waals surface area contributed by atoms with E-state index in [2.05, 4.69) is 6.92 Å². The molecule has 0 heterocycles. The van der Waals surface area contributed by atoms with E-state index in [9.17, 15) is 19.8 Å². The van der Waals surface area contributed by atoms with Crippen molar-refractivity contribution in [3.05, 3.63) is 6.92 Å². The van der Waals surface area contributed by atoms with Gasteiger partial charge in [-0.1, -0.05) is 26.7 Å². The summed E-state index contributed by atoms with van der Waals surface area (Å²) in [4.78, 5) is 23.4. The van der Waals surface area contributed by atoms with Crippen LogP contribution < -0.4 is 27.2 Å². The summed E-state index contributed by atoms with van der Waals surface area (Å²) in [6.07, 6.45) is 3.79. The van der Waals surface area contributed by atoms with Crippen molar-refractivity contribution in [3.8, 4) is 0 Å². The first kappa shape index (κ1) is 32.4. The minimum absolute atomic E-state index is 0. The maximum absolute atomic E-state index is 11.8. The molecular formula is C18H29BrMgO6Zn-. The molecule has 1 radical (unpaired) electrons. The number of carbonyl (C=O) groups excluding carboxylic acids is 2. The molecule has 0 saturated heterocycles. The van der Waals surface area contributed by atoms with Gasteiger partial charge in [0.1, 0.15) is 12.2 Å². The van der Waals surface area contributed by atoms with Gasteiger partial charge in [-0.15, -0.1) is 0 Å². The molecule has 0 aromatic rings. The monoisotopic (exact) mass is 508 g/mol. The fourth-order valence-electron chi connectivity index (χ4n) is 3.08. The smallest absolute Gasteiger partial charge is 1.00 e. The molecule has 0 unspecified atom stereocenters. The first-order chi connectivity index (χ1) is 11.6. The largest absolute Gasteiger partial charge is 2.00 e. The van der Waals surface area contributed by atoms with E-state index in [4.69, 9.17) is 9.47 Å². The Hall–Kier alpha value is 0.730. The van der Waals surface area contributed by atoms with Crippen LogP contribution in [0.1, 0.15) is 71.1 Å². The molecule has 149 valence electrons. The van der Waals surface area contributed by atoms with E-state index in [0.717, 1.165) is 38.5 Å². The van der Waals surface area contributed by atoms with E-state index in [1.807, 2.05) is 0 Å². The zero-order chi connectivity index (χ0) is 17.9. The fourth-order valence-corrected chi connectivity index (χ4v) is 3.08. The van der Waals surface area contributed by atoms with Crippen LogP contribution in [0.25, 0.3) is 0 Å². The summed E-state index contributed by atoms with van der Waals surface area (Å²) in [6, 6.07) is 0. The zero-order valence-corrected chi connectivity index (χ0v) is 22.3. The quantitative estimate of drug-likeness (QED) is 0.303. The van der Waals surface area contributed by atoms with Gasteiger partial charge in [-0.3, -0.25) is 9.59 Å². The molecular weight excluding hydrogens is 482 g/mol. The molecule has 0 bridgehead atoms. The van der Waals surface area contributed by atoms with Crippen molar-refractivity contribution in [1.29, 1.82) is 0 Å². The average Bonchev–Trinajstić information content (AvgIpc) is 2.63. The Morgan fingerprint density at radius 3 is 1.30 bits per heavy atom. The number of esters is 2. The van der Waals surface area contributed by atoms with Gasteiger partial charge in [-0.05, 0) is 63.6 Å². The van der Waals surface area contributed by atoms with Gasteiger partial charge >= 0.3 is 23.1 Å². The summed E-state index contributed by atoms with van der Waals surface area (Å²) in [5.74, 6) is -2.24. The summed E-state index contributed by atoms with van der Waals surface area (Å²) in [6.45, 7) is 5.00. The second-order valence-electron chi connectivity index (χ2n) is 6.24. The van der Waals surface area contributed by atoms with Gasteiger partial charge in [0.2, 0.25) is 0 Å². The van der Waals surface area contributed by atoms with Gasteiger partial charge in [0, 0.05) is 19.5 Å². The molecule has 6 nitrogen and oxygen atoms in total. The van der Waals surface area contributed by atoms with E-state index in [-0.39, 0.29) is 71.7 Å². The van der Waals surface area contributed by atoms with Crippen molar-refractivity contribution in [2.24, 2.45) is 0 Å². The maximum Gasteiger partial charge on any atom is 2.00 e. The molecule has 0 amide bonds. The van der Waals surface area contributed by atoms with Crippen LogP contribution in [0.3, 0.4) is 0 Å². The van der Waals surface area contributed by atoms with E-state index in [1.165, 1.54) is 0 Å². The standard InChI is InChI=1S/C16H24O6.C2H5.BrH.Mg.Zn/c17-13(15(19)21-11-7-3-1-4-8-11)14(18)16(20)22-12-9-5-2-6-10-12;1-2;;;/h11-14H,1-10H2;1H2,2H3;1H;;/q-2;;;+2;/p-1/t13-,14-;;;;/m1..../s1. The van der Waals surface area contributed by atoms with Crippen LogP contribution in [-0.2, 0) is 38.5 Å². The third-order valence-corrected chi connectivity index (χ3v) is 4.41. The number of halogens is 1. The third-order valence-electron chi connectivity index (χ3n) is 4.41. The van der Waals surface area contributed by atoms with Crippen molar-refractivity contribution >= 4 is 35.0 Å². The van der Waals surface area contributed by atoms with Crippen molar-refractivity contribution in [1.82, 2.24) is 0 Å². The van der Waals surface area contributed by atoms with Gasteiger partial charge in [0.15, 0.2) is 0 Å². The van der Waals surface area contributed by atoms with Crippen LogP contribution in [0.15, 0.2) is 0 Å². The molecule has 0 spiro atoms. The summed E-state index contributed by atoms with van der Waals surface area (Å²) < 4.78 is 10.1. The minimum Gasteiger partial charge on any atom is -1.00 e. The Morgan fingerprint density at radius 2 is 1.04 bits per heavy atom. The van der Waals surface area contributed by atoms with Gasteiger partial charge in [0.05, 0.1) is 0 Å². The van der Waals surface area contributed by atoms with Crippen LogP contribution in [-0.4, -0.2) is 59.4 Å². The summed E-state index contributed by atoms with van der Waals surface area (Å²) in [5, 5.41) is 23.6. The van der Waals surface area contributed by atoms with Crippen molar-refractivity contribution in [2.75, 3.05) is 0 Å². The molecule has 0 aliphatic heterocycles. The molecule has 9 heteroatoms. The van der Waals surface area contributed by atoms with E-state index in [0.29, 0.717) is 25.7 Å². The summed E-state index contributed by atoms with van der Waals surface area (Å²) in [7, 11) is 0. The average molecular weight is 511 g/mol. The topological polar surface area (TPSA) is 98.7 Å². The second-order valence-corrected chi connectivity index (χ2v) is 6.24. The third kappa shape index (κ3) is 12.1. The predicted octanol–water partition coefficient (Wildman–Crippen LogP) is -2.34. The number of hydrogen-bond acceptors (Lipinski definition) is 6. The normalized spacial score (nSPS) is 19.4. The van der Waals surface area contributed by atoms with Crippen molar-refractivity contribution in [2.45, 2.75) is 95.5 Å². The maximum atomic E-state index is 11.8. The Bertz CT molecular complexity index is 354. The number of hydrogen-bond donors (Lipinski definition) is 0. The van der Waals surface area contributed by atoms with Gasteiger partial charge in [0.25, 0.3) is 11.9 Å². The van der Waals surface area contributed by atoms with Crippen LogP contribution in [0.2, 0.25) is 0 Å². The van der Waals surface area contributed by atoms with Crippen molar-refractivity contribution < 1.29 is 65.7 Å². The Labute approximate surface area is 202 Å². The molecule has 2 atom stereocenters.